The van der Waals surface area contributed by atoms with Crippen molar-refractivity contribution < 1.29 is 19.8 Å². The van der Waals surface area contributed by atoms with Gasteiger partial charge in [-0.2, -0.15) is 0 Å². The molecule has 0 aromatic heterocycles. The van der Waals surface area contributed by atoms with E-state index in [-0.39, 0.29) is 17.8 Å². The summed E-state index contributed by atoms with van der Waals surface area (Å²) in [7, 11) is 1.58. The number of nitrogens with zero attached hydrogens (tertiary/aromatic N) is 1. The normalized spacial score (nSPS) is 24.6. The highest BCUT2D eigenvalue weighted by Crippen LogP contribution is 2.38. The summed E-state index contributed by atoms with van der Waals surface area (Å²) in [6.07, 6.45) is 2.00. The number of aliphatic carboxylic acids is 1. The summed E-state index contributed by atoms with van der Waals surface area (Å²) in [5.41, 5.74) is -0.377. The molecule has 0 heterocycles. The average Bonchev–Trinajstić information content (AvgIpc) is 2.80. The van der Waals surface area contributed by atoms with Crippen molar-refractivity contribution in [3.8, 4) is 5.75 Å². The Labute approximate surface area is 123 Å². The molecule has 1 fully saturated rings. The zero-order chi connectivity index (χ0) is 15.6. The van der Waals surface area contributed by atoms with E-state index < -0.39 is 11.4 Å². The molecule has 3 N–H and O–H groups in total. The fourth-order valence-corrected chi connectivity index (χ4v) is 2.72. The van der Waals surface area contributed by atoms with Gasteiger partial charge in [-0.15, -0.1) is 0 Å². The summed E-state index contributed by atoms with van der Waals surface area (Å²) in [6, 6.07) is 5.58. The molecule has 1 aliphatic rings. The van der Waals surface area contributed by atoms with Crippen LogP contribution in [0.4, 0.5) is 10.5 Å². The number of hydrogen-bond acceptors (Lipinski definition) is 3. The molecule has 6 nitrogen and oxygen atoms in total. The maximum atomic E-state index is 12.3. The van der Waals surface area contributed by atoms with Crippen LogP contribution >= 0.6 is 0 Å². The second kappa shape index (κ2) is 5.63. The molecule has 0 radical (unpaired) electrons. The van der Waals surface area contributed by atoms with Crippen molar-refractivity contribution in [1.82, 2.24) is 5.32 Å². The van der Waals surface area contributed by atoms with Gasteiger partial charge in [0.25, 0.3) is 0 Å². The van der Waals surface area contributed by atoms with E-state index in [1.807, 2.05) is 0 Å². The lowest BCUT2D eigenvalue weighted by Crippen LogP contribution is -2.50. The second-order valence-corrected chi connectivity index (χ2v) is 5.70. The molecule has 1 aliphatic carbocycles. The molecular weight excluding hydrogens is 272 g/mol. The lowest BCUT2D eigenvalue weighted by molar-refractivity contribution is -0.148. The number of amides is 2. The van der Waals surface area contributed by atoms with Crippen LogP contribution < -0.4 is 10.2 Å². The number of phenolic OH excluding ortho intramolecular Hbond substituents is 1. The van der Waals surface area contributed by atoms with Gasteiger partial charge in [-0.25, -0.2) is 4.79 Å². The fraction of sp³-hybridized carbons (Fsp3) is 0.467. The third-order valence-electron chi connectivity index (χ3n) is 4.27. The van der Waals surface area contributed by atoms with Crippen molar-refractivity contribution in [3.05, 3.63) is 24.3 Å². The van der Waals surface area contributed by atoms with Crippen LogP contribution in [0, 0.1) is 5.41 Å². The van der Waals surface area contributed by atoms with Gasteiger partial charge in [-0.05, 0) is 31.9 Å². The predicted molar refractivity (Wildman–Crippen MR) is 78.4 cm³/mol. The number of carboxylic acids is 1. The van der Waals surface area contributed by atoms with Gasteiger partial charge in [0.05, 0.1) is 5.41 Å². The Kier molecular flexibility index (Phi) is 4.06. The summed E-state index contributed by atoms with van der Waals surface area (Å²) in [5, 5.41) is 21.6. The molecule has 0 bridgehead atoms. The SMILES string of the molecule is CN(C(=O)NC1CCCC1(C)C(=O)O)c1cccc(O)c1. The summed E-state index contributed by atoms with van der Waals surface area (Å²) in [4.78, 5) is 25.0. The molecule has 2 rings (SSSR count). The summed E-state index contributed by atoms with van der Waals surface area (Å²) in [5.74, 6) is -0.811. The Hall–Kier alpha value is -2.24. The number of carbonyl (C=O) groups excluding carboxylic acids is 1. The Morgan fingerprint density at radius 2 is 2.14 bits per heavy atom. The first kappa shape index (κ1) is 15.2. The van der Waals surface area contributed by atoms with E-state index in [2.05, 4.69) is 5.32 Å². The van der Waals surface area contributed by atoms with Crippen molar-refractivity contribution in [2.75, 3.05) is 11.9 Å². The van der Waals surface area contributed by atoms with Crippen LogP contribution in [-0.2, 0) is 4.79 Å². The van der Waals surface area contributed by atoms with Crippen molar-refractivity contribution in [1.29, 1.82) is 0 Å². The third-order valence-corrected chi connectivity index (χ3v) is 4.27. The average molecular weight is 292 g/mol. The Bertz CT molecular complexity index is 560. The van der Waals surface area contributed by atoms with E-state index in [0.29, 0.717) is 18.5 Å². The standard InChI is InChI=1S/C15H20N2O4/c1-15(13(19)20)8-4-7-12(15)16-14(21)17(2)10-5-3-6-11(18)9-10/h3,5-6,9,12,18H,4,7-8H2,1-2H3,(H,16,21)(H,19,20). The Morgan fingerprint density at radius 1 is 1.43 bits per heavy atom. The third kappa shape index (κ3) is 2.94. The Balaban J connectivity index is 2.09. The summed E-state index contributed by atoms with van der Waals surface area (Å²) >= 11 is 0. The number of urea groups is 1. The van der Waals surface area contributed by atoms with Crippen LogP contribution in [0.1, 0.15) is 26.2 Å². The van der Waals surface area contributed by atoms with E-state index in [0.717, 1.165) is 6.42 Å². The zero-order valence-electron chi connectivity index (χ0n) is 12.2. The lowest BCUT2D eigenvalue weighted by atomic mass is 9.85. The van der Waals surface area contributed by atoms with Crippen molar-refractivity contribution in [2.45, 2.75) is 32.2 Å². The number of aromatic hydroxyl groups is 1. The fourth-order valence-electron chi connectivity index (χ4n) is 2.72. The van der Waals surface area contributed by atoms with Gasteiger partial charge in [-0.3, -0.25) is 9.69 Å². The summed E-state index contributed by atoms with van der Waals surface area (Å²) < 4.78 is 0. The van der Waals surface area contributed by atoms with Crippen LogP contribution in [0.2, 0.25) is 0 Å². The van der Waals surface area contributed by atoms with E-state index in [9.17, 15) is 19.8 Å². The van der Waals surface area contributed by atoms with E-state index in [1.54, 1.807) is 26.1 Å². The van der Waals surface area contributed by atoms with Crippen LogP contribution in [0.15, 0.2) is 24.3 Å². The molecule has 0 saturated heterocycles. The largest absolute Gasteiger partial charge is 0.508 e. The molecule has 0 aliphatic heterocycles. The number of anilines is 1. The second-order valence-electron chi connectivity index (χ2n) is 5.70. The molecule has 21 heavy (non-hydrogen) atoms. The van der Waals surface area contributed by atoms with Gasteiger partial charge < -0.3 is 15.5 Å². The number of benzene rings is 1. The van der Waals surface area contributed by atoms with Crippen LogP contribution in [0.25, 0.3) is 0 Å². The highest BCUT2D eigenvalue weighted by Gasteiger charge is 2.46. The molecule has 1 saturated carbocycles. The molecule has 2 amide bonds. The minimum atomic E-state index is -0.921. The monoisotopic (exact) mass is 292 g/mol. The molecule has 1 aromatic rings. The quantitative estimate of drug-likeness (QED) is 0.796. The molecule has 114 valence electrons. The smallest absolute Gasteiger partial charge is 0.321 e. The first-order chi connectivity index (χ1) is 9.84. The number of carboxylic acid groups (broad SMARTS) is 1. The summed E-state index contributed by atoms with van der Waals surface area (Å²) in [6.45, 7) is 1.67. The van der Waals surface area contributed by atoms with E-state index in [1.165, 1.54) is 17.0 Å². The molecule has 2 atom stereocenters. The predicted octanol–water partition coefficient (Wildman–Crippen LogP) is 2.18. The van der Waals surface area contributed by atoms with Gasteiger partial charge >= 0.3 is 12.0 Å². The maximum absolute atomic E-state index is 12.3. The van der Waals surface area contributed by atoms with E-state index in [4.69, 9.17) is 0 Å². The van der Waals surface area contributed by atoms with Crippen LogP contribution in [0.5, 0.6) is 5.75 Å². The van der Waals surface area contributed by atoms with Crippen molar-refractivity contribution >= 4 is 17.7 Å². The minimum absolute atomic E-state index is 0.0726. The van der Waals surface area contributed by atoms with Gasteiger partial charge in [0.2, 0.25) is 0 Å². The highest BCUT2D eigenvalue weighted by molar-refractivity contribution is 5.92. The van der Waals surface area contributed by atoms with Crippen LogP contribution in [0.3, 0.4) is 0 Å². The van der Waals surface area contributed by atoms with Crippen molar-refractivity contribution in [2.24, 2.45) is 5.41 Å². The molecular formula is C15H20N2O4. The maximum Gasteiger partial charge on any atom is 0.321 e. The number of phenols is 1. The highest BCUT2D eigenvalue weighted by atomic mass is 16.4. The molecule has 1 aromatic carbocycles. The zero-order valence-corrected chi connectivity index (χ0v) is 12.2. The number of rotatable bonds is 3. The first-order valence-corrected chi connectivity index (χ1v) is 6.91. The van der Waals surface area contributed by atoms with E-state index >= 15 is 0 Å². The van der Waals surface area contributed by atoms with Crippen molar-refractivity contribution in [3.63, 3.8) is 0 Å². The minimum Gasteiger partial charge on any atom is -0.508 e. The van der Waals surface area contributed by atoms with Gasteiger partial charge in [0, 0.05) is 24.8 Å². The number of carbonyl (C=O) groups is 2. The van der Waals surface area contributed by atoms with Gasteiger partial charge in [0.15, 0.2) is 0 Å². The topological polar surface area (TPSA) is 89.9 Å². The first-order valence-electron chi connectivity index (χ1n) is 6.91. The van der Waals surface area contributed by atoms with Gasteiger partial charge in [0.1, 0.15) is 5.75 Å². The molecule has 0 spiro atoms. The van der Waals surface area contributed by atoms with Gasteiger partial charge in [-0.1, -0.05) is 12.5 Å². The number of nitrogens with one attached hydrogen (secondary N) is 1. The number of hydrogen-bond donors (Lipinski definition) is 3. The van der Waals surface area contributed by atoms with Crippen LogP contribution in [-0.4, -0.2) is 35.3 Å². The molecule has 6 heteroatoms. The lowest BCUT2D eigenvalue weighted by Gasteiger charge is -2.29. The Morgan fingerprint density at radius 3 is 2.76 bits per heavy atom. The molecule has 2 unspecified atom stereocenters.